The quantitative estimate of drug-likeness (QED) is 0.401. The lowest BCUT2D eigenvalue weighted by Crippen LogP contribution is -2.52. The van der Waals surface area contributed by atoms with Gasteiger partial charge in [0.15, 0.2) is 0 Å². The van der Waals surface area contributed by atoms with Crippen LogP contribution >= 0.6 is 23.2 Å². The fourth-order valence-corrected chi connectivity index (χ4v) is 4.23. The summed E-state index contributed by atoms with van der Waals surface area (Å²) in [5.74, 6) is -1.13. The fraction of sp³-hybridized carbons (Fsp3) is 0.259. The van der Waals surface area contributed by atoms with E-state index < -0.39 is 11.9 Å². The standard InChI is InChI=1S/C27H27Cl2FN2O2/c1-18(2)31-27(34)25(15-19-9-4-3-5-10-19)32(17-20-11-6-7-14-24(20)30)26(33)16-21-22(28)12-8-13-23(21)29/h3-14,18,25H,15-17H2,1-2H3,(H,31,34)/t25-/m0/s1. The minimum Gasteiger partial charge on any atom is -0.352 e. The van der Waals surface area contributed by atoms with E-state index in [4.69, 9.17) is 23.2 Å². The van der Waals surface area contributed by atoms with E-state index in [-0.39, 0.29) is 37.2 Å². The number of nitrogens with zero attached hydrogens (tertiary/aromatic N) is 1. The molecule has 0 saturated carbocycles. The average molecular weight is 501 g/mol. The van der Waals surface area contributed by atoms with Gasteiger partial charge in [0.05, 0.1) is 6.42 Å². The third-order valence-electron chi connectivity index (χ3n) is 5.39. The summed E-state index contributed by atoms with van der Waals surface area (Å²) in [6.45, 7) is 3.63. The van der Waals surface area contributed by atoms with Gasteiger partial charge in [-0.05, 0) is 43.2 Å². The van der Waals surface area contributed by atoms with Gasteiger partial charge in [0.1, 0.15) is 11.9 Å². The highest BCUT2D eigenvalue weighted by Gasteiger charge is 2.31. The first-order valence-corrected chi connectivity index (χ1v) is 11.8. The number of carbonyl (C=O) groups is 2. The summed E-state index contributed by atoms with van der Waals surface area (Å²) < 4.78 is 14.6. The zero-order valence-electron chi connectivity index (χ0n) is 19.1. The minimum absolute atomic E-state index is 0.0728. The Morgan fingerprint density at radius 2 is 1.53 bits per heavy atom. The van der Waals surface area contributed by atoms with E-state index in [1.165, 1.54) is 11.0 Å². The zero-order valence-corrected chi connectivity index (χ0v) is 20.6. The molecule has 7 heteroatoms. The maximum atomic E-state index is 14.6. The smallest absolute Gasteiger partial charge is 0.243 e. The van der Waals surface area contributed by atoms with Crippen LogP contribution in [0.5, 0.6) is 0 Å². The van der Waals surface area contributed by atoms with Crippen molar-refractivity contribution in [2.45, 2.75) is 45.3 Å². The molecule has 178 valence electrons. The second kappa shape index (κ2) is 12.0. The average Bonchev–Trinajstić information content (AvgIpc) is 2.80. The maximum absolute atomic E-state index is 14.6. The highest BCUT2D eigenvalue weighted by Crippen LogP contribution is 2.26. The number of nitrogens with one attached hydrogen (secondary N) is 1. The van der Waals surface area contributed by atoms with Crippen LogP contribution < -0.4 is 5.32 Å². The van der Waals surface area contributed by atoms with Crippen molar-refractivity contribution in [2.75, 3.05) is 0 Å². The molecule has 0 spiro atoms. The van der Waals surface area contributed by atoms with E-state index in [2.05, 4.69) is 5.32 Å². The number of hydrogen-bond donors (Lipinski definition) is 1. The molecule has 3 aromatic rings. The molecule has 0 aliphatic rings. The highest BCUT2D eigenvalue weighted by atomic mass is 35.5. The number of benzene rings is 3. The maximum Gasteiger partial charge on any atom is 0.243 e. The summed E-state index contributed by atoms with van der Waals surface area (Å²) in [6.07, 6.45) is 0.156. The van der Waals surface area contributed by atoms with E-state index in [0.29, 0.717) is 21.2 Å². The molecule has 0 aliphatic carbocycles. The van der Waals surface area contributed by atoms with Gasteiger partial charge < -0.3 is 10.2 Å². The van der Waals surface area contributed by atoms with Gasteiger partial charge in [0.25, 0.3) is 0 Å². The van der Waals surface area contributed by atoms with Crippen LogP contribution in [0.1, 0.15) is 30.5 Å². The Balaban J connectivity index is 2.02. The topological polar surface area (TPSA) is 49.4 Å². The van der Waals surface area contributed by atoms with Crippen LogP contribution in [0.2, 0.25) is 10.0 Å². The number of rotatable bonds is 9. The minimum atomic E-state index is -0.863. The molecule has 34 heavy (non-hydrogen) atoms. The van der Waals surface area contributed by atoms with Crippen molar-refractivity contribution in [1.29, 1.82) is 0 Å². The molecule has 0 heterocycles. The normalized spacial score (nSPS) is 11.8. The van der Waals surface area contributed by atoms with Crippen molar-refractivity contribution in [2.24, 2.45) is 0 Å². The third-order valence-corrected chi connectivity index (χ3v) is 6.10. The Morgan fingerprint density at radius 1 is 0.912 bits per heavy atom. The van der Waals surface area contributed by atoms with Crippen molar-refractivity contribution in [3.63, 3.8) is 0 Å². The Morgan fingerprint density at radius 3 is 2.15 bits per heavy atom. The molecule has 0 aliphatic heterocycles. The van der Waals surface area contributed by atoms with Crippen molar-refractivity contribution in [1.82, 2.24) is 10.2 Å². The molecular weight excluding hydrogens is 474 g/mol. The van der Waals surface area contributed by atoms with Crippen LogP contribution in [0.15, 0.2) is 72.8 Å². The molecule has 0 aromatic heterocycles. The van der Waals surface area contributed by atoms with Crippen molar-refractivity contribution < 1.29 is 14.0 Å². The number of amides is 2. The Bertz CT molecular complexity index is 1120. The first-order valence-electron chi connectivity index (χ1n) is 11.1. The second-order valence-electron chi connectivity index (χ2n) is 8.36. The molecule has 4 nitrogen and oxygen atoms in total. The molecule has 3 rings (SSSR count). The van der Waals surface area contributed by atoms with E-state index in [1.807, 2.05) is 44.2 Å². The molecule has 1 N–H and O–H groups in total. The van der Waals surface area contributed by atoms with Crippen LogP contribution in [-0.2, 0) is 29.0 Å². The molecule has 3 aromatic carbocycles. The van der Waals surface area contributed by atoms with E-state index >= 15 is 0 Å². The van der Waals surface area contributed by atoms with Gasteiger partial charge in [-0.2, -0.15) is 0 Å². The summed E-state index contributed by atoms with van der Waals surface area (Å²) in [5, 5.41) is 3.63. The summed E-state index contributed by atoms with van der Waals surface area (Å²) in [6, 6.07) is 19.7. The van der Waals surface area contributed by atoms with E-state index in [0.717, 1.165) is 5.56 Å². The van der Waals surface area contributed by atoms with E-state index in [1.54, 1.807) is 36.4 Å². The van der Waals surface area contributed by atoms with E-state index in [9.17, 15) is 14.0 Å². The van der Waals surface area contributed by atoms with Crippen LogP contribution in [0.25, 0.3) is 0 Å². The molecule has 2 amide bonds. The monoisotopic (exact) mass is 500 g/mol. The lowest BCUT2D eigenvalue weighted by molar-refractivity contribution is -0.141. The first-order chi connectivity index (χ1) is 16.3. The fourth-order valence-electron chi connectivity index (χ4n) is 3.70. The summed E-state index contributed by atoms with van der Waals surface area (Å²) in [7, 11) is 0. The van der Waals surface area contributed by atoms with Crippen LogP contribution in [0, 0.1) is 5.82 Å². The van der Waals surface area contributed by atoms with Crippen molar-refractivity contribution >= 4 is 35.0 Å². The molecule has 0 fully saturated rings. The molecule has 0 radical (unpaired) electrons. The summed E-state index contributed by atoms with van der Waals surface area (Å²) >= 11 is 12.6. The van der Waals surface area contributed by atoms with Gasteiger partial charge >= 0.3 is 0 Å². The number of carbonyl (C=O) groups excluding carboxylic acids is 2. The van der Waals surface area contributed by atoms with Gasteiger partial charge in [-0.25, -0.2) is 4.39 Å². The van der Waals surface area contributed by atoms with Crippen LogP contribution in [-0.4, -0.2) is 28.8 Å². The van der Waals surface area contributed by atoms with Crippen LogP contribution in [0.3, 0.4) is 0 Å². The second-order valence-corrected chi connectivity index (χ2v) is 9.17. The van der Waals surface area contributed by atoms with Crippen molar-refractivity contribution in [3.8, 4) is 0 Å². The highest BCUT2D eigenvalue weighted by molar-refractivity contribution is 6.36. The Kier molecular flexibility index (Phi) is 9.08. The molecule has 1 atom stereocenters. The number of halogens is 3. The SMILES string of the molecule is CC(C)NC(=O)[C@H](Cc1ccccc1)N(Cc1ccccc1F)C(=O)Cc1c(Cl)cccc1Cl. The summed E-state index contributed by atoms with van der Waals surface area (Å²) in [5.41, 5.74) is 1.67. The molecule has 0 bridgehead atoms. The van der Waals surface area contributed by atoms with Gasteiger partial charge in [-0.1, -0.05) is 77.8 Å². The molecule has 0 unspecified atom stereocenters. The lowest BCUT2D eigenvalue weighted by atomic mass is 10.0. The zero-order chi connectivity index (χ0) is 24.7. The predicted octanol–water partition coefficient (Wildman–Crippen LogP) is 5.84. The molecular formula is C27H27Cl2FN2O2. The largest absolute Gasteiger partial charge is 0.352 e. The lowest BCUT2D eigenvalue weighted by Gasteiger charge is -2.32. The summed E-state index contributed by atoms with van der Waals surface area (Å²) in [4.78, 5) is 28.4. The van der Waals surface area contributed by atoms with Crippen LogP contribution in [0.4, 0.5) is 4.39 Å². The van der Waals surface area contributed by atoms with Crippen molar-refractivity contribution in [3.05, 3.63) is 105 Å². The molecule has 0 saturated heterocycles. The van der Waals surface area contributed by atoms with Gasteiger partial charge in [-0.3, -0.25) is 9.59 Å². The Labute approximate surface area is 209 Å². The predicted molar refractivity (Wildman–Crippen MR) is 134 cm³/mol. The van der Waals surface area contributed by atoms with Gasteiger partial charge in [0.2, 0.25) is 11.8 Å². The first kappa shape index (κ1) is 25.7. The Hall–Kier alpha value is -2.89. The van der Waals surface area contributed by atoms with Gasteiger partial charge in [0, 0.05) is 34.6 Å². The third kappa shape index (κ3) is 6.81. The number of hydrogen-bond acceptors (Lipinski definition) is 2. The van der Waals surface area contributed by atoms with Gasteiger partial charge in [-0.15, -0.1) is 0 Å².